The molecular formula is C12H17Br2NOS. The number of rotatable bonds is 4. The molecule has 5 heteroatoms. The second-order valence-electron chi connectivity index (χ2n) is 4.45. The summed E-state index contributed by atoms with van der Waals surface area (Å²) in [5.41, 5.74) is 1.35. The van der Waals surface area contributed by atoms with Gasteiger partial charge in [-0.2, -0.15) is 0 Å². The molecule has 2 rings (SSSR count). The maximum Gasteiger partial charge on any atom is 0.0758 e. The van der Waals surface area contributed by atoms with E-state index in [-0.39, 0.29) is 0 Å². The van der Waals surface area contributed by atoms with Crippen LogP contribution in [-0.4, -0.2) is 19.3 Å². The first-order valence-corrected chi connectivity index (χ1v) is 8.31. The molecule has 1 saturated heterocycles. The van der Waals surface area contributed by atoms with Crippen LogP contribution in [0.3, 0.4) is 0 Å². The van der Waals surface area contributed by atoms with Crippen molar-refractivity contribution < 1.29 is 4.74 Å². The average Bonchev–Trinajstić information content (AvgIpc) is 2.82. The fraction of sp³-hybridized carbons (Fsp3) is 0.667. The molecule has 1 aliphatic heterocycles. The molecule has 0 aromatic carbocycles. The highest BCUT2D eigenvalue weighted by Gasteiger charge is 2.31. The molecule has 17 heavy (non-hydrogen) atoms. The maximum atomic E-state index is 5.70. The Kier molecular flexibility index (Phi) is 5.06. The Balaban J connectivity index is 2.19. The van der Waals surface area contributed by atoms with Gasteiger partial charge in [0.05, 0.1) is 20.3 Å². The quantitative estimate of drug-likeness (QED) is 0.835. The number of hydrogen-bond acceptors (Lipinski definition) is 3. The smallest absolute Gasteiger partial charge is 0.0758 e. The van der Waals surface area contributed by atoms with E-state index in [1.54, 1.807) is 11.3 Å². The molecule has 0 radical (unpaired) electrons. The third-order valence-corrected chi connectivity index (χ3v) is 5.53. The zero-order chi connectivity index (χ0) is 12.4. The Morgan fingerprint density at radius 3 is 2.82 bits per heavy atom. The van der Waals surface area contributed by atoms with Gasteiger partial charge in [-0.3, -0.25) is 0 Å². The summed E-state index contributed by atoms with van der Waals surface area (Å²) in [7, 11) is 0. The van der Waals surface area contributed by atoms with E-state index < -0.39 is 0 Å². The molecule has 3 unspecified atom stereocenters. The van der Waals surface area contributed by atoms with Gasteiger partial charge in [0.25, 0.3) is 0 Å². The second-order valence-corrected chi connectivity index (χ2v) is 8.20. The number of hydrogen-bond donors (Lipinski definition) is 1. The molecule has 0 bridgehead atoms. The van der Waals surface area contributed by atoms with Gasteiger partial charge in [0.15, 0.2) is 0 Å². The standard InChI is InChI=1S/C12H17Br2NOS/c1-3-15-11(8-4-7(2)16-6-8)9-5-10(13)17-12(9)14/h5,7-8,11,15H,3-4,6H2,1-2H3. The molecule has 2 heterocycles. The van der Waals surface area contributed by atoms with Gasteiger partial charge in [-0.15, -0.1) is 11.3 Å². The van der Waals surface area contributed by atoms with Crippen LogP contribution in [-0.2, 0) is 4.74 Å². The van der Waals surface area contributed by atoms with Crippen molar-refractivity contribution in [3.05, 3.63) is 19.2 Å². The molecule has 1 N–H and O–H groups in total. The monoisotopic (exact) mass is 381 g/mol. The van der Waals surface area contributed by atoms with Gasteiger partial charge in [-0.25, -0.2) is 0 Å². The zero-order valence-electron chi connectivity index (χ0n) is 10.0. The molecule has 0 saturated carbocycles. The summed E-state index contributed by atoms with van der Waals surface area (Å²) in [6, 6.07) is 2.60. The normalized spacial score (nSPS) is 26.4. The number of thiophene rings is 1. The van der Waals surface area contributed by atoms with E-state index in [2.05, 4.69) is 57.1 Å². The molecular weight excluding hydrogens is 366 g/mol. The molecule has 3 atom stereocenters. The van der Waals surface area contributed by atoms with Gasteiger partial charge in [0.2, 0.25) is 0 Å². The van der Waals surface area contributed by atoms with Crippen molar-refractivity contribution in [3.8, 4) is 0 Å². The van der Waals surface area contributed by atoms with E-state index in [0.29, 0.717) is 18.1 Å². The van der Waals surface area contributed by atoms with Crippen molar-refractivity contribution in [1.29, 1.82) is 0 Å². The van der Waals surface area contributed by atoms with Crippen molar-refractivity contribution >= 4 is 43.2 Å². The van der Waals surface area contributed by atoms with Crippen LogP contribution in [0.25, 0.3) is 0 Å². The zero-order valence-corrected chi connectivity index (χ0v) is 14.0. The Bertz CT molecular complexity index is 383. The molecule has 2 nitrogen and oxygen atoms in total. The average molecular weight is 383 g/mol. The van der Waals surface area contributed by atoms with E-state index in [0.717, 1.165) is 19.6 Å². The summed E-state index contributed by atoms with van der Waals surface area (Å²) in [6.07, 6.45) is 1.53. The Labute approximate surface area is 123 Å². The first-order chi connectivity index (χ1) is 8.11. The molecule has 1 aromatic heterocycles. The van der Waals surface area contributed by atoms with Crippen molar-refractivity contribution in [2.24, 2.45) is 5.92 Å². The molecule has 0 aliphatic carbocycles. The fourth-order valence-corrected chi connectivity index (χ4v) is 5.33. The van der Waals surface area contributed by atoms with E-state index in [1.807, 2.05) is 0 Å². The molecule has 1 fully saturated rings. The van der Waals surface area contributed by atoms with Crippen LogP contribution >= 0.6 is 43.2 Å². The molecule has 0 spiro atoms. The van der Waals surface area contributed by atoms with E-state index in [4.69, 9.17) is 4.74 Å². The summed E-state index contributed by atoms with van der Waals surface area (Å²) in [5, 5.41) is 3.59. The first-order valence-electron chi connectivity index (χ1n) is 5.91. The fourth-order valence-electron chi connectivity index (χ4n) is 2.40. The lowest BCUT2D eigenvalue weighted by Crippen LogP contribution is -2.28. The van der Waals surface area contributed by atoms with Crippen LogP contribution in [0.4, 0.5) is 0 Å². The number of halogens is 2. The predicted octanol–water partition coefficient (Wildman–Crippen LogP) is 4.35. The minimum absolute atomic E-state index is 0.391. The van der Waals surface area contributed by atoms with Crippen LogP contribution in [0.15, 0.2) is 13.6 Å². The molecule has 1 aromatic rings. The van der Waals surface area contributed by atoms with Crippen LogP contribution < -0.4 is 5.32 Å². The summed E-state index contributed by atoms with van der Waals surface area (Å²) in [4.78, 5) is 0. The topological polar surface area (TPSA) is 21.3 Å². The van der Waals surface area contributed by atoms with Gasteiger partial charge >= 0.3 is 0 Å². The highest BCUT2D eigenvalue weighted by molar-refractivity contribution is 9.12. The Morgan fingerprint density at radius 2 is 2.35 bits per heavy atom. The Hall–Kier alpha value is 0.580. The minimum atomic E-state index is 0.391. The second kappa shape index (κ2) is 6.15. The third kappa shape index (κ3) is 3.32. The summed E-state index contributed by atoms with van der Waals surface area (Å²) < 4.78 is 8.09. The lowest BCUT2D eigenvalue weighted by molar-refractivity contribution is 0.117. The minimum Gasteiger partial charge on any atom is -0.378 e. The van der Waals surface area contributed by atoms with E-state index in [1.165, 1.54) is 13.1 Å². The predicted molar refractivity (Wildman–Crippen MR) is 79.7 cm³/mol. The number of ether oxygens (including phenoxy) is 1. The van der Waals surface area contributed by atoms with Crippen LogP contribution in [0.1, 0.15) is 31.9 Å². The summed E-state index contributed by atoms with van der Waals surface area (Å²) in [6.45, 7) is 6.15. The van der Waals surface area contributed by atoms with Crippen LogP contribution in [0, 0.1) is 5.92 Å². The van der Waals surface area contributed by atoms with Crippen molar-refractivity contribution in [3.63, 3.8) is 0 Å². The molecule has 1 aliphatic rings. The summed E-state index contributed by atoms with van der Waals surface area (Å²) in [5.74, 6) is 0.572. The van der Waals surface area contributed by atoms with Crippen LogP contribution in [0.5, 0.6) is 0 Å². The van der Waals surface area contributed by atoms with Gasteiger partial charge in [0.1, 0.15) is 0 Å². The van der Waals surface area contributed by atoms with Gasteiger partial charge in [-0.05, 0) is 63.4 Å². The highest BCUT2D eigenvalue weighted by atomic mass is 79.9. The van der Waals surface area contributed by atoms with E-state index in [9.17, 15) is 0 Å². The van der Waals surface area contributed by atoms with Crippen molar-refractivity contribution in [2.75, 3.05) is 13.2 Å². The Morgan fingerprint density at radius 1 is 1.59 bits per heavy atom. The van der Waals surface area contributed by atoms with Crippen molar-refractivity contribution in [1.82, 2.24) is 5.32 Å². The molecule has 96 valence electrons. The third-order valence-electron chi connectivity index (χ3n) is 3.14. The summed E-state index contributed by atoms with van der Waals surface area (Å²) >= 11 is 8.95. The van der Waals surface area contributed by atoms with Crippen LogP contribution in [0.2, 0.25) is 0 Å². The SMILES string of the molecule is CCNC(c1cc(Br)sc1Br)C1COC(C)C1. The lowest BCUT2D eigenvalue weighted by Gasteiger charge is -2.23. The van der Waals surface area contributed by atoms with Gasteiger partial charge in [0, 0.05) is 12.0 Å². The van der Waals surface area contributed by atoms with Gasteiger partial charge in [-0.1, -0.05) is 6.92 Å². The highest BCUT2D eigenvalue weighted by Crippen LogP contribution is 2.40. The largest absolute Gasteiger partial charge is 0.378 e. The molecule has 0 amide bonds. The van der Waals surface area contributed by atoms with Crippen molar-refractivity contribution in [2.45, 2.75) is 32.4 Å². The van der Waals surface area contributed by atoms with E-state index >= 15 is 0 Å². The maximum absolute atomic E-state index is 5.70. The first kappa shape index (κ1) is 14.0. The van der Waals surface area contributed by atoms with Gasteiger partial charge < -0.3 is 10.1 Å². The lowest BCUT2D eigenvalue weighted by atomic mass is 9.92. The number of nitrogens with one attached hydrogen (secondary N) is 1.